The maximum atomic E-state index is 13.0. The molecule has 0 radical (unpaired) electrons. The van der Waals surface area contributed by atoms with E-state index in [1.807, 2.05) is 0 Å². The molecule has 1 amide bonds. The molecule has 1 aliphatic heterocycles. The van der Waals surface area contributed by atoms with Gasteiger partial charge in [0.1, 0.15) is 11.5 Å². The summed E-state index contributed by atoms with van der Waals surface area (Å²) < 4.78 is 8.32. The second-order valence-electron chi connectivity index (χ2n) is 6.73. The molecule has 0 unspecified atom stereocenters. The summed E-state index contributed by atoms with van der Waals surface area (Å²) in [4.78, 5) is 24.6. The Morgan fingerprint density at radius 3 is 2.03 bits per heavy atom. The molecule has 7 heteroatoms. The van der Waals surface area contributed by atoms with E-state index in [9.17, 15) is 19.8 Å². The number of esters is 1. The lowest BCUT2D eigenvalue weighted by Crippen LogP contribution is -2.29. The molecule has 0 saturated heterocycles. The van der Waals surface area contributed by atoms with Crippen LogP contribution in [0.25, 0.3) is 6.08 Å². The normalized spacial score (nSPS) is 14.4. The highest BCUT2D eigenvalue weighted by molar-refractivity contribution is 9.08. The van der Waals surface area contributed by atoms with Crippen molar-refractivity contribution in [3.8, 4) is 11.5 Å². The number of amides is 1. The number of carbonyl (C=O) groups is 2. The first-order chi connectivity index (χ1) is 14.5. The minimum Gasteiger partial charge on any atom is -0.508 e. The lowest BCUT2D eigenvalue weighted by molar-refractivity contribution is -0.114. The van der Waals surface area contributed by atoms with Crippen molar-refractivity contribution in [3.63, 3.8) is 0 Å². The van der Waals surface area contributed by atoms with Crippen LogP contribution < -0.4 is 4.34 Å². The maximum Gasteiger partial charge on any atom is 0.340 e. The predicted octanol–water partition coefficient (Wildman–Crippen LogP) is 4.00. The third-order valence-electron chi connectivity index (χ3n) is 4.98. The predicted molar refractivity (Wildman–Crippen MR) is 114 cm³/mol. The number of benzene rings is 3. The van der Waals surface area contributed by atoms with Crippen molar-refractivity contribution < 1.29 is 24.5 Å². The molecule has 1 heterocycles. The topological polar surface area (TPSA) is 95.9 Å². The summed E-state index contributed by atoms with van der Waals surface area (Å²) in [5.74, 6) is -0.740. The van der Waals surface area contributed by atoms with Crippen LogP contribution in [-0.4, -0.2) is 22.1 Å². The Labute approximate surface area is 180 Å². The average Bonchev–Trinajstić information content (AvgIpc) is 3.07. The maximum absolute atomic E-state index is 13.0. The summed E-state index contributed by atoms with van der Waals surface area (Å²) >= 11 is 2.87. The number of halogens is 1. The van der Waals surface area contributed by atoms with Gasteiger partial charge in [-0.15, -0.1) is 0 Å². The molecule has 6 nitrogen and oxygen atoms in total. The quantitative estimate of drug-likeness (QED) is 0.307. The third-order valence-corrected chi connectivity index (χ3v) is 5.37. The van der Waals surface area contributed by atoms with Crippen molar-refractivity contribution in [2.75, 3.05) is 0 Å². The first-order valence-corrected chi connectivity index (χ1v) is 9.79. The Bertz CT molecular complexity index is 1110. The van der Waals surface area contributed by atoms with Gasteiger partial charge in [-0.3, -0.25) is 9.14 Å². The van der Waals surface area contributed by atoms with Crippen molar-refractivity contribution in [1.82, 2.24) is 4.34 Å². The van der Waals surface area contributed by atoms with Crippen LogP contribution in [0.3, 0.4) is 0 Å². The number of ether oxygens (including phenoxy) is 1. The second-order valence-corrected chi connectivity index (χ2v) is 7.12. The summed E-state index contributed by atoms with van der Waals surface area (Å²) in [7, 11) is 0. The van der Waals surface area contributed by atoms with Crippen molar-refractivity contribution in [2.24, 2.45) is 0 Å². The molecule has 4 rings (SSSR count). The molecule has 1 aliphatic rings. The van der Waals surface area contributed by atoms with Crippen LogP contribution in [0.15, 0.2) is 72.8 Å². The van der Waals surface area contributed by atoms with E-state index in [1.165, 1.54) is 30.3 Å². The van der Waals surface area contributed by atoms with Crippen molar-refractivity contribution in [1.29, 1.82) is 0 Å². The first kappa shape index (κ1) is 19.7. The van der Waals surface area contributed by atoms with E-state index >= 15 is 0 Å². The van der Waals surface area contributed by atoms with Crippen LogP contribution in [0.2, 0.25) is 0 Å². The zero-order valence-corrected chi connectivity index (χ0v) is 17.1. The van der Waals surface area contributed by atoms with Crippen molar-refractivity contribution >= 4 is 34.1 Å². The van der Waals surface area contributed by atoms with Crippen molar-refractivity contribution in [2.45, 2.75) is 5.60 Å². The SMILES string of the molecule is O=C(C=Cc1cccc2c1C(=O)OC2(c1ccc(O)cc1)c1ccc(O)cc1)NBr. The highest BCUT2D eigenvalue weighted by atomic mass is 79.9. The lowest BCUT2D eigenvalue weighted by atomic mass is 9.79. The number of fused-ring (bicyclic) bond motifs is 1. The van der Waals surface area contributed by atoms with Gasteiger partial charge >= 0.3 is 5.97 Å². The molecule has 150 valence electrons. The molecule has 3 N–H and O–H groups in total. The molecule has 0 aliphatic carbocycles. The van der Waals surface area contributed by atoms with Gasteiger partial charge < -0.3 is 14.9 Å². The molecule has 0 bridgehead atoms. The lowest BCUT2D eigenvalue weighted by Gasteiger charge is -2.30. The highest BCUT2D eigenvalue weighted by Gasteiger charge is 2.49. The second kappa shape index (κ2) is 7.68. The number of aromatic hydroxyl groups is 2. The van der Waals surface area contributed by atoms with E-state index in [1.54, 1.807) is 48.5 Å². The van der Waals surface area contributed by atoms with Gasteiger partial charge in [0.2, 0.25) is 0 Å². The average molecular weight is 466 g/mol. The van der Waals surface area contributed by atoms with Gasteiger partial charge in [-0.05, 0) is 35.9 Å². The summed E-state index contributed by atoms with van der Waals surface area (Å²) in [5, 5.41) is 19.5. The number of nitrogens with one attached hydrogen (secondary N) is 1. The summed E-state index contributed by atoms with van der Waals surface area (Å²) in [6.07, 6.45) is 2.85. The Balaban J connectivity index is 1.97. The van der Waals surface area contributed by atoms with E-state index in [4.69, 9.17) is 4.74 Å². The largest absolute Gasteiger partial charge is 0.508 e. The van der Waals surface area contributed by atoms with Gasteiger partial charge in [-0.1, -0.05) is 42.5 Å². The molecule has 0 aromatic heterocycles. The zero-order valence-electron chi connectivity index (χ0n) is 15.5. The van der Waals surface area contributed by atoms with Gasteiger partial charge in [0.05, 0.1) is 5.56 Å². The van der Waals surface area contributed by atoms with E-state index < -0.39 is 11.6 Å². The molecule has 0 atom stereocenters. The summed E-state index contributed by atoms with van der Waals surface area (Å²) in [5.41, 5.74) is 1.49. The van der Waals surface area contributed by atoms with E-state index in [0.717, 1.165) is 0 Å². The van der Waals surface area contributed by atoms with E-state index in [0.29, 0.717) is 27.8 Å². The fraction of sp³-hybridized carbons (Fsp3) is 0.0435. The number of hydrogen-bond acceptors (Lipinski definition) is 5. The van der Waals surface area contributed by atoms with Crippen molar-refractivity contribution in [3.05, 3.63) is 101 Å². The number of phenols is 2. The van der Waals surface area contributed by atoms with Crippen LogP contribution in [0.4, 0.5) is 0 Å². The van der Waals surface area contributed by atoms with Gasteiger partial charge in [-0.2, -0.15) is 0 Å². The van der Waals surface area contributed by atoms with Crippen LogP contribution in [0.1, 0.15) is 32.6 Å². The number of hydrogen-bond donors (Lipinski definition) is 3. The molecule has 0 fully saturated rings. The van der Waals surface area contributed by atoms with Gasteiger partial charge in [0.15, 0.2) is 5.60 Å². The van der Waals surface area contributed by atoms with Gasteiger partial charge in [0.25, 0.3) is 5.91 Å². The number of carbonyl (C=O) groups excluding carboxylic acids is 2. The first-order valence-electron chi connectivity index (χ1n) is 9.00. The summed E-state index contributed by atoms with van der Waals surface area (Å²) in [6, 6.07) is 18.1. The minimum absolute atomic E-state index is 0.0848. The molecule has 3 aromatic rings. The van der Waals surface area contributed by atoms with Gasteiger partial charge in [0, 0.05) is 38.9 Å². The van der Waals surface area contributed by atoms with Crippen LogP contribution in [0.5, 0.6) is 11.5 Å². The molecular formula is C23H16BrNO5. The van der Waals surface area contributed by atoms with E-state index in [-0.39, 0.29) is 17.4 Å². The van der Waals surface area contributed by atoms with Crippen LogP contribution in [-0.2, 0) is 15.1 Å². The molecular weight excluding hydrogens is 450 g/mol. The Morgan fingerprint density at radius 2 is 1.50 bits per heavy atom. The Kier molecular flexibility index (Phi) is 5.05. The van der Waals surface area contributed by atoms with Crippen LogP contribution >= 0.6 is 16.1 Å². The Hall–Kier alpha value is -3.58. The number of cyclic esters (lactones) is 1. The molecule has 30 heavy (non-hydrogen) atoms. The summed E-state index contributed by atoms with van der Waals surface area (Å²) in [6.45, 7) is 0. The fourth-order valence-corrected chi connectivity index (χ4v) is 3.79. The number of phenolic OH excluding ortho intramolecular Hbond substituents is 2. The van der Waals surface area contributed by atoms with Crippen LogP contribution in [0, 0.1) is 0 Å². The Morgan fingerprint density at radius 1 is 0.933 bits per heavy atom. The van der Waals surface area contributed by atoms with E-state index in [2.05, 4.69) is 20.5 Å². The highest BCUT2D eigenvalue weighted by Crippen LogP contribution is 2.48. The standard InChI is InChI=1S/C23H16BrNO5/c24-25-20(28)13-4-14-2-1-3-19-21(14)22(29)30-23(19,15-5-9-17(26)10-6-15)16-7-11-18(27)12-8-16/h1-13,26-27H,(H,25,28). The molecule has 3 aromatic carbocycles. The monoisotopic (exact) mass is 465 g/mol. The molecule has 0 spiro atoms. The minimum atomic E-state index is -1.27. The number of rotatable bonds is 4. The fourth-order valence-electron chi connectivity index (χ4n) is 3.66. The molecule has 0 saturated carbocycles. The van der Waals surface area contributed by atoms with Gasteiger partial charge in [-0.25, -0.2) is 4.79 Å². The smallest absolute Gasteiger partial charge is 0.340 e. The zero-order chi connectivity index (χ0) is 21.3. The third kappa shape index (κ3) is 3.23.